The van der Waals surface area contributed by atoms with Crippen LogP contribution in [-0.2, 0) is 19.8 Å². The second kappa shape index (κ2) is 10.5. The average molecular weight is 555 g/mol. The monoisotopic (exact) mass is 553 g/mol. The van der Waals surface area contributed by atoms with Crippen LogP contribution in [0.15, 0.2) is 133 Å². The Morgan fingerprint density at radius 1 is 0.622 bits per heavy atom. The van der Waals surface area contributed by atoms with Crippen LogP contribution in [0.3, 0.4) is 0 Å². The predicted molar refractivity (Wildman–Crippen MR) is 158 cm³/mol. The summed E-state index contributed by atoms with van der Waals surface area (Å²) in [6.45, 7) is 2.34. The van der Waals surface area contributed by atoms with Gasteiger partial charge in [-0.1, -0.05) is 0 Å². The van der Waals surface area contributed by atoms with Gasteiger partial charge in [0.05, 0.1) is 0 Å². The van der Waals surface area contributed by atoms with Crippen LogP contribution in [-0.4, -0.2) is 3.71 Å². The number of allylic oxidation sites excluding steroid dienone is 4. The molecule has 1 heteroatoms. The van der Waals surface area contributed by atoms with Crippen LogP contribution >= 0.6 is 0 Å². The van der Waals surface area contributed by atoms with Gasteiger partial charge in [-0.05, 0) is 0 Å². The molecule has 179 valence electrons. The third-order valence-corrected chi connectivity index (χ3v) is 21.3. The van der Waals surface area contributed by atoms with Gasteiger partial charge in [0.15, 0.2) is 0 Å². The summed E-state index contributed by atoms with van der Waals surface area (Å²) in [6, 6.07) is 39.8. The van der Waals surface area contributed by atoms with E-state index in [0.717, 1.165) is 0 Å². The molecule has 0 radical (unpaired) electrons. The molecule has 2 unspecified atom stereocenters. The Morgan fingerprint density at radius 3 is 1.70 bits per heavy atom. The molecule has 0 aromatic heterocycles. The van der Waals surface area contributed by atoms with E-state index in [-0.39, 0.29) is 0 Å². The van der Waals surface area contributed by atoms with E-state index in [4.69, 9.17) is 0 Å². The molecular weight excluding hydrogens is 524 g/mol. The van der Waals surface area contributed by atoms with Gasteiger partial charge in [-0.15, -0.1) is 0 Å². The van der Waals surface area contributed by atoms with Gasteiger partial charge in [-0.2, -0.15) is 0 Å². The van der Waals surface area contributed by atoms with Gasteiger partial charge in [0.25, 0.3) is 0 Å². The fourth-order valence-corrected chi connectivity index (χ4v) is 19.9. The van der Waals surface area contributed by atoms with Crippen LogP contribution in [0.5, 0.6) is 0 Å². The number of rotatable bonds is 6. The molecule has 0 saturated carbocycles. The first-order chi connectivity index (χ1) is 18.3. The molecule has 0 amide bonds. The van der Waals surface area contributed by atoms with Crippen molar-refractivity contribution in [1.29, 1.82) is 0 Å². The molecule has 0 nitrogen and oxygen atoms in total. The van der Waals surface area contributed by atoms with Gasteiger partial charge in [0.1, 0.15) is 0 Å². The first-order valence-electron chi connectivity index (χ1n) is 13.2. The molecule has 0 bridgehead atoms. The number of fused-ring (bicyclic) bond motifs is 2. The van der Waals surface area contributed by atoms with Gasteiger partial charge >= 0.3 is 226 Å². The van der Waals surface area contributed by atoms with Crippen molar-refractivity contribution in [3.63, 3.8) is 0 Å². The summed E-state index contributed by atoms with van der Waals surface area (Å²) in [5.41, 5.74) is 8.30. The minimum absolute atomic E-state index is 0.424. The van der Waals surface area contributed by atoms with Gasteiger partial charge in [-0.3, -0.25) is 0 Å². The van der Waals surface area contributed by atoms with Gasteiger partial charge in [-0.25, -0.2) is 0 Å². The molecule has 0 heterocycles. The first-order valence-corrected chi connectivity index (χ1v) is 18.6. The van der Waals surface area contributed by atoms with Crippen molar-refractivity contribution in [1.82, 2.24) is 0 Å². The quantitative estimate of drug-likeness (QED) is 0.208. The van der Waals surface area contributed by atoms with E-state index in [0.29, 0.717) is 7.25 Å². The molecule has 0 N–H and O–H groups in total. The van der Waals surface area contributed by atoms with E-state index in [1.54, 1.807) is 3.28 Å². The summed E-state index contributed by atoms with van der Waals surface area (Å²) in [6.07, 6.45) is 16.7. The van der Waals surface area contributed by atoms with Gasteiger partial charge < -0.3 is 0 Å². The standard InChI is InChI=1S/C16H13.2C9H7.C2H4.Zr/c1-3-9-15(10-4-1)13-7-8-14-16-11-5-2-6-12-16;2*1-2-5-9-7-3-6-8(9)4-1;1-2;/h1-13H;2*1-7H;1H,2H3;. The second-order valence-electron chi connectivity index (χ2n) is 9.87. The summed E-state index contributed by atoms with van der Waals surface area (Å²) in [5, 5.41) is 0. The molecule has 4 aromatic rings. The molecule has 6 rings (SSSR count). The summed E-state index contributed by atoms with van der Waals surface area (Å²) >= 11 is -3.49. The summed E-state index contributed by atoms with van der Waals surface area (Å²) < 4.78 is 5.07. The van der Waals surface area contributed by atoms with Crippen LogP contribution in [0, 0.1) is 0 Å². The van der Waals surface area contributed by atoms with Crippen molar-refractivity contribution in [2.45, 2.75) is 14.2 Å². The fraction of sp³-hybridized carbons (Fsp3) is 0.0833. The Bertz CT molecular complexity index is 1520. The van der Waals surface area contributed by atoms with E-state index >= 15 is 0 Å². The Morgan fingerprint density at radius 2 is 1.14 bits per heavy atom. The molecule has 0 fully saturated rings. The van der Waals surface area contributed by atoms with Crippen LogP contribution < -0.4 is 0 Å². The Labute approximate surface area is 224 Å². The zero-order valence-corrected chi connectivity index (χ0v) is 23.6. The van der Waals surface area contributed by atoms with E-state index in [1.807, 2.05) is 0 Å². The van der Waals surface area contributed by atoms with E-state index in [2.05, 4.69) is 162 Å². The molecule has 0 spiro atoms. The second-order valence-corrected chi connectivity index (χ2v) is 20.3. The maximum absolute atomic E-state index is 3.49. The van der Waals surface area contributed by atoms with Crippen molar-refractivity contribution < 1.29 is 19.8 Å². The topological polar surface area (TPSA) is 0 Å². The van der Waals surface area contributed by atoms with Crippen LogP contribution in [0.25, 0.3) is 21.5 Å². The normalized spacial score (nSPS) is 19.5. The van der Waals surface area contributed by atoms with E-state index in [9.17, 15) is 0 Å². The van der Waals surface area contributed by atoms with Crippen LogP contribution in [0.1, 0.15) is 47.6 Å². The zero-order valence-electron chi connectivity index (χ0n) is 21.2. The van der Waals surface area contributed by atoms with Crippen molar-refractivity contribution in [3.05, 3.63) is 167 Å². The summed E-state index contributed by atoms with van der Waals surface area (Å²) in [7, 11) is 0. The van der Waals surface area contributed by atoms with Crippen molar-refractivity contribution >= 4 is 25.2 Å². The molecule has 2 aliphatic rings. The molecule has 37 heavy (non-hydrogen) atoms. The summed E-state index contributed by atoms with van der Waals surface area (Å²) in [4.78, 5) is 0. The van der Waals surface area contributed by atoms with E-state index < -0.39 is 19.8 Å². The maximum atomic E-state index is 2.68. The van der Waals surface area contributed by atoms with Crippen LogP contribution in [0.4, 0.5) is 0 Å². The molecule has 0 aliphatic heterocycles. The third kappa shape index (κ3) is 4.37. The van der Waals surface area contributed by atoms with Crippen molar-refractivity contribution in [3.8, 4) is 0 Å². The zero-order chi connectivity index (χ0) is 25.1. The summed E-state index contributed by atoms with van der Waals surface area (Å²) in [5.74, 6) is 0. The average Bonchev–Trinajstić information content (AvgIpc) is 3.60. The minimum atomic E-state index is -3.49. The molecular formula is C36H31Zr. The number of hydrogen-bond donors (Lipinski definition) is 0. The van der Waals surface area contributed by atoms with Gasteiger partial charge in [0, 0.05) is 0 Å². The van der Waals surface area contributed by atoms with Crippen LogP contribution in [0.2, 0.25) is 0 Å². The Kier molecular flexibility index (Phi) is 6.82. The van der Waals surface area contributed by atoms with Crippen molar-refractivity contribution in [2.24, 2.45) is 0 Å². The predicted octanol–water partition coefficient (Wildman–Crippen LogP) is 9.25. The molecule has 2 aliphatic carbocycles. The fourth-order valence-electron chi connectivity index (χ4n) is 6.30. The Hall–Kier alpha value is -3.41. The van der Waals surface area contributed by atoms with Gasteiger partial charge in [0.2, 0.25) is 0 Å². The molecule has 2 atom stereocenters. The molecule has 4 aromatic carbocycles. The van der Waals surface area contributed by atoms with E-state index in [1.165, 1.54) is 33.4 Å². The number of benzene rings is 4. The third-order valence-electron chi connectivity index (χ3n) is 8.01. The first kappa shape index (κ1) is 24.0. The SMILES string of the molecule is C[CH]=[Zr]([C](=CC=Cc1ccccc1)c1ccccc1)([CH]1C=Cc2ccccc21)[CH]1C=Cc2ccccc21. The Balaban J connectivity index is 1.61. The molecule has 0 saturated heterocycles. The van der Waals surface area contributed by atoms with Crippen molar-refractivity contribution in [2.75, 3.05) is 0 Å². The number of hydrogen-bond acceptors (Lipinski definition) is 0.